The Morgan fingerprint density at radius 1 is 1.52 bits per heavy atom. The predicted molar refractivity (Wildman–Crippen MR) is 82.4 cm³/mol. The van der Waals surface area contributed by atoms with Crippen molar-refractivity contribution >= 4 is 11.7 Å². The van der Waals surface area contributed by atoms with Gasteiger partial charge in [0.2, 0.25) is 0 Å². The van der Waals surface area contributed by atoms with Crippen LogP contribution in [0, 0.1) is 6.92 Å². The number of nitrogens with one attached hydrogen (secondary N) is 2. The van der Waals surface area contributed by atoms with Crippen LogP contribution in [0.25, 0.3) is 0 Å². The smallest absolute Gasteiger partial charge is 0.252 e. The molecule has 0 aromatic carbocycles. The molecule has 2 rings (SSSR count). The Balaban J connectivity index is 1.73. The number of aryl methyl sites for hydroxylation is 1. The molecule has 1 aliphatic heterocycles. The maximum Gasteiger partial charge on any atom is 0.252 e. The molecule has 0 bridgehead atoms. The molecule has 2 heterocycles. The van der Waals surface area contributed by atoms with Gasteiger partial charge >= 0.3 is 0 Å². The quantitative estimate of drug-likeness (QED) is 0.654. The van der Waals surface area contributed by atoms with Gasteiger partial charge in [-0.3, -0.25) is 4.79 Å². The lowest BCUT2D eigenvalue weighted by atomic mass is 10.1. The zero-order valence-corrected chi connectivity index (χ0v) is 12.5. The predicted octanol–water partition coefficient (Wildman–Crippen LogP) is 1.06. The van der Waals surface area contributed by atoms with Crippen molar-refractivity contribution in [3.63, 3.8) is 0 Å². The first-order chi connectivity index (χ1) is 10.2. The molecule has 1 aromatic rings. The number of aromatic nitrogens is 1. The van der Waals surface area contributed by atoms with Crippen molar-refractivity contribution in [2.75, 3.05) is 31.6 Å². The van der Waals surface area contributed by atoms with Crippen molar-refractivity contribution < 1.29 is 9.53 Å². The second-order valence-corrected chi connectivity index (χ2v) is 5.32. The Kier molecular flexibility index (Phi) is 5.95. The average molecular weight is 292 g/mol. The number of primary amides is 1. The fourth-order valence-corrected chi connectivity index (χ4v) is 2.49. The second kappa shape index (κ2) is 7.95. The molecule has 6 nitrogen and oxygen atoms in total. The van der Waals surface area contributed by atoms with Gasteiger partial charge in [0.05, 0.1) is 11.7 Å². The van der Waals surface area contributed by atoms with Crippen LogP contribution in [-0.4, -0.2) is 43.2 Å². The van der Waals surface area contributed by atoms with Gasteiger partial charge in [-0.1, -0.05) is 0 Å². The Bertz CT molecular complexity index is 473. The van der Waals surface area contributed by atoms with E-state index >= 15 is 0 Å². The van der Waals surface area contributed by atoms with E-state index in [-0.39, 0.29) is 0 Å². The molecule has 1 aromatic heterocycles. The van der Waals surface area contributed by atoms with Crippen LogP contribution < -0.4 is 16.4 Å². The Hall–Kier alpha value is -1.66. The van der Waals surface area contributed by atoms with Gasteiger partial charge in [-0.05, 0) is 50.9 Å². The number of nitrogens with two attached hydrogens (primary N) is 1. The lowest BCUT2D eigenvalue weighted by Crippen LogP contribution is -2.32. The van der Waals surface area contributed by atoms with Crippen molar-refractivity contribution in [3.05, 3.63) is 23.4 Å². The number of piperidine rings is 1. The first-order valence-electron chi connectivity index (χ1n) is 7.50. The SMILES string of the molecule is Cc1ccnc(NCCCOC2CCNCC2)c1C(N)=O. The summed E-state index contributed by atoms with van der Waals surface area (Å²) in [5.74, 6) is 0.110. The van der Waals surface area contributed by atoms with Crippen molar-refractivity contribution in [2.45, 2.75) is 32.3 Å². The van der Waals surface area contributed by atoms with Gasteiger partial charge in [0.15, 0.2) is 0 Å². The van der Waals surface area contributed by atoms with Gasteiger partial charge in [-0.25, -0.2) is 4.98 Å². The number of rotatable bonds is 7. The topological polar surface area (TPSA) is 89.3 Å². The summed E-state index contributed by atoms with van der Waals surface area (Å²) in [6, 6.07) is 1.78. The third kappa shape index (κ3) is 4.68. The number of anilines is 1. The maximum atomic E-state index is 11.4. The highest BCUT2D eigenvalue weighted by Gasteiger charge is 2.13. The molecule has 4 N–H and O–H groups in total. The Morgan fingerprint density at radius 2 is 2.29 bits per heavy atom. The van der Waals surface area contributed by atoms with Gasteiger partial charge in [0, 0.05) is 19.3 Å². The van der Waals surface area contributed by atoms with Crippen molar-refractivity contribution in [1.29, 1.82) is 0 Å². The lowest BCUT2D eigenvalue weighted by Gasteiger charge is -2.23. The van der Waals surface area contributed by atoms with Gasteiger partial charge in [0.1, 0.15) is 5.82 Å². The summed E-state index contributed by atoms with van der Waals surface area (Å²) in [5, 5.41) is 6.48. The number of amides is 1. The number of ether oxygens (including phenoxy) is 1. The number of carbonyl (C=O) groups excluding carboxylic acids is 1. The van der Waals surface area contributed by atoms with E-state index in [0.717, 1.165) is 44.5 Å². The third-order valence-electron chi connectivity index (χ3n) is 3.66. The van der Waals surface area contributed by atoms with Crippen LogP contribution in [0.3, 0.4) is 0 Å². The van der Waals surface area contributed by atoms with Crippen molar-refractivity contribution in [3.8, 4) is 0 Å². The number of hydrogen-bond donors (Lipinski definition) is 3. The summed E-state index contributed by atoms with van der Waals surface area (Å²) in [6.45, 7) is 5.36. The number of hydrogen-bond acceptors (Lipinski definition) is 5. The first kappa shape index (κ1) is 15.7. The van der Waals surface area contributed by atoms with Crippen LogP contribution in [-0.2, 0) is 4.74 Å². The van der Waals surface area contributed by atoms with Crippen LogP contribution in [0.5, 0.6) is 0 Å². The zero-order chi connectivity index (χ0) is 15.1. The van der Waals surface area contributed by atoms with E-state index in [0.29, 0.717) is 24.0 Å². The van der Waals surface area contributed by atoms with Gasteiger partial charge in [-0.15, -0.1) is 0 Å². The minimum Gasteiger partial charge on any atom is -0.378 e. The molecule has 1 amide bonds. The molecule has 0 spiro atoms. The first-order valence-corrected chi connectivity index (χ1v) is 7.50. The highest BCUT2D eigenvalue weighted by atomic mass is 16.5. The maximum absolute atomic E-state index is 11.4. The van der Waals surface area contributed by atoms with Crippen LogP contribution in [0.1, 0.15) is 35.2 Å². The summed E-state index contributed by atoms with van der Waals surface area (Å²) >= 11 is 0. The van der Waals surface area contributed by atoms with E-state index in [1.54, 1.807) is 12.3 Å². The van der Waals surface area contributed by atoms with Crippen LogP contribution in [0.15, 0.2) is 12.3 Å². The largest absolute Gasteiger partial charge is 0.378 e. The molecular weight excluding hydrogens is 268 g/mol. The number of pyridine rings is 1. The average Bonchev–Trinajstić information content (AvgIpc) is 2.47. The molecule has 0 aliphatic carbocycles. The third-order valence-corrected chi connectivity index (χ3v) is 3.66. The molecule has 0 atom stereocenters. The molecule has 1 fully saturated rings. The highest BCUT2D eigenvalue weighted by Crippen LogP contribution is 2.15. The van der Waals surface area contributed by atoms with E-state index in [4.69, 9.17) is 10.5 Å². The lowest BCUT2D eigenvalue weighted by molar-refractivity contribution is 0.0329. The summed E-state index contributed by atoms with van der Waals surface area (Å²) in [4.78, 5) is 15.6. The molecule has 0 saturated carbocycles. The van der Waals surface area contributed by atoms with E-state index in [2.05, 4.69) is 15.6 Å². The van der Waals surface area contributed by atoms with Crippen LogP contribution >= 0.6 is 0 Å². The fourth-order valence-electron chi connectivity index (χ4n) is 2.49. The van der Waals surface area contributed by atoms with E-state index in [1.807, 2.05) is 6.92 Å². The van der Waals surface area contributed by atoms with E-state index in [9.17, 15) is 4.79 Å². The van der Waals surface area contributed by atoms with Crippen LogP contribution in [0.4, 0.5) is 5.82 Å². The number of nitrogens with zero attached hydrogens (tertiary/aromatic N) is 1. The van der Waals surface area contributed by atoms with E-state index in [1.165, 1.54) is 0 Å². The van der Waals surface area contributed by atoms with Crippen molar-refractivity contribution in [1.82, 2.24) is 10.3 Å². The molecule has 6 heteroatoms. The molecule has 21 heavy (non-hydrogen) atoms. The monoisotopic (exact) mass is 292 g/mol. The minimum absolute atomic E-state index is 0.379. The van der Waals surface area contributed by atoms with E-state index < -0.39 is 5.91 Å². The van der Waals surface area contributed by atoms with Gasteiger partial charge in [0.25, 0.3) is 5.91 Å². The summed E-state index contributed by atoms with van der Waals surface area (Å²) < 4.78 is 5.83. The number of carbonyl (C=O) groups is 1. The second-order valence-electron chi connectivity index (χ2n) is 5.32. The Labute approximate surface area is 125 Å². The fraction of sp³-hybridized carbons (Fsp3) is 0.600. The molecule has 116 valence electrons. The summed E-state index contributed by atoms with van der Waals surface area (Å²) in [6.07, 6.45) is 5.09. The van der Waals surface area contributed by atoms with Gasteiger partial charge in [-0.2, -0.15) is 0 Å². The molecule has 1 saturated heterocycles. The summed E-state index contributed by atoms with van der Waals surface area (Å²) in [5.41, 5.74) is 6.70. The van der Waals surface area contributed by atoms with Crippen molar-refractivity contribution in [2.24, 2.45) is 5.73 Å². The standard InChI is InChI=1S/C15H24N4O2/c1-11-3-9-19-15(13(11)14(16)20)18-6-2-10-21-12-4-7-17-8-5-12/h3,9,12,17H,2,4-8,10H2,1H3,(H2,16,20)(H,18,19). The normalized spacial score (nSPS) is 15.9. The van der Waals surface area contributed by atoms with Gasteiger partial charge < -0.3 is 21.1 Å². The Morgan fingerprint density at radius 3 is 3.00 bits per heavy atom. The molecular formula is C15H24N4O2. The highest BCUT2D eigenvalue weighted by molar-refractivity contribution is 5.98. The molecule has 0 radical (unpaired) electrons. The zero-order valence-electron chi connectivity index (χ0n) is 12.5. The molecule has 0 unspecified atom stereocenters. The molecule has 1 aliphatic rings. The minimum atomic E-state index is -0.450. The van der Waals surface area contributed by atoms with Crippen LogP contribution in [0.2, 0.25) is 0 Å². The summed E-state index contributed by atoms with van der Waals surface area (Å²) in [7, 11) is 0.